The molecule has 0 spiro atoms. The maximum atomic E-state index is 8.87. The van der Waals surface area contributed by atoms with Gasteiger partial charge >= 0.3 is 0 Å². The van der Waals surface area contributed by atoms with E-state index in [9.17, 15) is 0 Å². The molecule has 0 radical (unpaired) electrons. The van der Waals surface area contributed by atoms with Crippen LogP contribution in [-0.4, -0.2) is 22.9 Å². The molecule has 14 heavy (non-hydrogen) atoms. The van der Waals surface area contributed by atoms with Crippen molar-refractivity contribution in [3.05, 3.63) is 36.5 Å². The molecule has 2 nitrogen and oxygen atoms in total. The van der Waals surface area contributed by atoms with Crippen LogP contribution in [0.1, 0.15) is 27.2 Å². The zero-order chi connectivity index (χ0) is 11.2. The molecule has 2 heteroatoms. The Balaban J connectivity index is 0. The van der Waals surface area contributed by atoms with Crippen molar-refractivity contribution in [2.75, 3.05) is 6.61 Å². The van der Waals surface area contributed by atoms with Crippen molar-refractivity contribution in [1.82, 2.24) is 0 Å². The quantitative estimate of drug-likeness (QED) is 0.666. The van der Waals surface area contributed by atoms with Gasteiger partial charge in [-0.1, -0.05) is 50.3 Å². The van der Waals surface area contributed by atoms with Crippen LogP contribution in [-0.2, 0) is 0 Å². The lowest BCUT2D eigenvalue weighted by atomic mass is 10.2. The minimum Gasteiger partial charge on any atom is -0.393 e. The Morgan fingerprint density at radius 1 is 1.00 bits per heavy atom. The minimum atomic E-state index is -0.275. The van der Waals surface area contributed by atoms with Gasteiger partial charge in [-0.2, -0.15) is 0 Å². The molecular weight excluding hydrogens is 176 g/mol. The molecule has 0 aromatic rings. The van der Waals surface area contributed by atoms with Gasteiger partial charge in [0, 0.05) is 0 Å². The van der Waals surface area contributed by atoms with E-state index in [1.807, 2.05) is 38.2 Å². The zero-order valence-electron chi connectivity index (χ0n) is 9.35. The van der Waals surface area contributed by atoms with Gasteiger partial charge in [0.25, 0.3) is 0 Å². The molecule has 0 amide bonds. The first-order valence-corrected chi connectivity index (χ1v) is 5.04. The fourth-order valence-electron chi connectivity index (χ4n) is 0.622. The number of hydrogen-bond acceptors (Lipinski definition) is 2. The van der Waals surface area contributed by atoms with Gasteiger partial charge < -0.3 is 10.2 Å². The van der Waals surface area contributed by atoms with E-state index >= 15 is 0 Å². The van der Waals surface area contributed by atoms with Crippen molar-refractivity contribution in [1.29, 1.82) is 0 Å². The Morgan fingerprint density at radius 3 is 1.93 bits per heavy atom. The highest BCUT2D eigenvalue weighted by atomic mass is 16.3. The van der Waals surface area contributed by atoms with Gasteiger partial charge in [-0.05, 0) is 13.3 Å². The van der Waals surface area contributed by atoms with E-state index in [-0.39, 0.29) is 12.7 Å². The molecule has 0 saturated heterocycles. The predicted octanol–water partition coefficient (Wildman–Crippen LogP) is 2.44. The fourth-order valence-corrected chi connectivity index (χ4v) is 0.622. The Hall–Kier alpha value is -0.860. The van der Waals surface area contributed by atoms with Crippen molar-refractivity contribution in [2.24, 2.45) is 0 Å². The van der Waals surface area contributed by atoms with Gasteiger partial charge in [-0.15, -0.1) is 0 Å². The van der Waals surface area contributed by atoms with Crippen LogP contribution < -0.4 is 0 Å². The van der Waals surface area contributed by atoms with Gasteiger partial charge in [0.05, 0.1) is 12.7 Å². The van der Waals surface area contributed by atoms with E-state index in [4.69, 9.17) is 10.2 Å². The Labute approximate surface area is 87.3 Å². The average Bonchev–Trinajstić information content (AvgIpc) is 2.19. The maximum Gasteiger partial charge on any atom is 0.0615 e. The first-order chi connectivity index (χ1) is 6.77. The molecule has 1 atom stereocenters. The van der Waals surface area contributed by atoms with E-state index in [0.29, 0.717) is 6.42 Å². The largest absolute Gasteiger partial charge is 0.393 e. The molecule has 1 unspecified atom stereocenters. The van der Waals surface area contributed by atoms with Crippen LogP contribution in [0.2, 0.25) is 0 Å². The zero-order valence-corrected chi connectivity index (χ0v) is 9.35. The molecule has 0 aromatic carbocycles. The number of aliphatic hydroxyl groups is 2. The summed E-state index contributed by atoms with van der Waals surface area (Å²) in [5.41, 5.74) is 0. The highest BCUT2D eigenvalue weighted by Crippen LogP contribution is 1.91. The molecule has 0 rings (SSSR count). The third-order valence-corrected chi connectivity index (χ3v) is 1.19. The molecule has 0 aliphatic carbocycles. The molecule has 0 bridgehead atoms. The number of aliphatic hydroxyl groups excluding tert-OH is 2. The summed E-state index contributed by atoms with van der Waals surface area (Å²) in [4.78, 5) is 0. The maximum absolute atomic E-state index is 8.87. The minimum absolute atomic E-state index is 0.0712. The summed E-state index contributed by atoms with van der Waals surface area (Å²) >= 11 is 0. The normalized spacial score (nSPS) is 13.5. The van der Waals surface area contributed by atoms with Crippen LogP contribution in [0.15, 0.2) is 36.5 Å². The molecule has 82 valence electrons. The molecule has 2 N–H and O–H groups in total. The van der Waals surface area contributed by atoms with Crippen molar-refractivity contribution < 1.29 is 10.2 Å². The molecule has 0 aromatic heterocycles. The van der Waals surface area contributed by atoms with E-state index in [0.717, 1.165) is 0 Å². The average molecular weight is 198 g/mol. The summed E-state index contributed by atoms with van der Waals surface area (Å²) < 4.78 is 0. The van der Waals surface area contributed by atoms with E-state index in [1.54, 1.807) is 19.1 Å². The first kappa shape index (κ1) is 15.6. The van der Waals surface area contributed by atoms with Crippen LogP contribution >= 0.6 is 0 Å². The summed E-state index contributed by atoms with van der Waals surface area (Å²) in [6, 6.07) is 0. The summed E-state index contributed by atoms with van der Waals surface area (Å²) in [6.45, 7) is 5.82. The lowest BCUT2D eigenvalue weighted by molar-refractivity contribution is 0.198. The van der Waals surface area contributed by atoms with Gasteiger partial charge in [0.2, 0.25) is 0 Å². The standard InChI is InChI=1S/C10H16O2.C2H6/c1-10(12)8-6-4-2-3-5-7-9-11;1-2/h2-7,10-12H,8-9H2,1H3;1-2H3/b3-2+,6-4+,7-5+;. The van der Waals surface area contributed by atoms with Gasteiger partial charge in [-0.25, -0.2) is 0 Å². The molecular formula is C12H22O2. The van der Waals surface area contributed by atoms with Crippen molar-refractivity contribution in [3.63, 3.8) is 0 Å². The molecule has 0 saturated carbocycles. The van der Waals surface area contributed by atoms with Gasteiger partial charge in [0.15, 0.2) is 0 Å². The van der Waals surface area contributed by atoms with Crippen molar-refractivity contribution in [3.8, 4) is 0 Å². The lowest BCUT2D eigenvalue weighted by Crippen LogP contribution is -1.94. The van der Waals surface area contributed by atoms with E-state index in [2.05, 4.69) is 0 Å². The van der Waals surface area contributed by atoms with Crippen LogP contribution in [0.4, 0.5) is 0 Å². The molecule has 0 aliphatic rings. The topological polar surface area (TPSA) is 40.5 Å². The summed E-state index contributed by atoms with van der Waals surface area (Å²) in [6.07, 6.45) is 11.3. The lowest BCUT2D eigenvalue weighted by Gasteiger charge is -1.93. The van der Waals surface area contributed by atoms with Crippen LogP contribution in [0.5, 0.6) is 0 Å². The second kappa shape index (κ2) is 14.7. The molecule has 0 fully saturated rings. The summed E-state index contributed by atoms with van der Waals surface area (Å²) in [5.74, 6) is 0. The fraction of sp³-hybridized carbons (Fsp3) is 0.500. The smallest absolute Gasteiger partial charge is 0.0615 e. The third kappa shape index (κ3) is 17.3. The molecule has 0 heterocycles. The highest BCUT2D eigenvalue weighted by Gasteiger charge is 1.86. The molecule has 0 aliphatic heterocycles. The second-order valence-corrected chi connectivity index (χ2v) is 2.51. The van der Waals surface area contributed by atoms with Crippen molar-refractivity contribution in [2.45, 2.75) is 33.3 Å². The van der Waals surface area contributed by atoms with Gasteiger partial charge in [0.1, 0.15) is 0 Å². The van der Waals surface area contributed by atoms with Crippen molar-refractivity contribution >= 4 is 0 Å². The number of hydrogen-bond donors (Lipinski definition) is 2. The first-order valence-electron chi connectivity index (χ1n) is 5.04. The van der Waals surface area contributed by atoms with E-state index in [1.165, 1.54) is 0 Å². The summed E-state index contributed by atoms with van der Waals surface area (Å²) in [7, 11) is 0. The van der Waals surface area contributed by atoms with Crippen LogP contribution in [0.25, 0.3) is 0 Å². The highest BCUT2D eigenvalue weighted by molar-refractivity contribution is 5.11. The Bertz CT molecular complexity index is 167. The number of allylic oxidation sites excluding steroid dienone is 4. The third-order valence-electron chi connectivity index (χ3n) is 1.19. The Morgan fingerprint density at radius 2 is 1.50 bits per heavy atom. The summed E-state index contributed by atoms with van der Waals surface area (Å²) in [5, 5.41) is 17.2. The number of rotatable bonds is 5. The monoisotopic (exact) mass is 198 g/mol. The second-order valence-electron chi connectivity index (χ2n) is 2.51. The van der Waals surface area contributed by atoms with E-state index < -0.39 is 0 Å². The van der Waals surface area contributed by atoms with Crippen LogP contribution in [0.3, 0.4) is 0 Å². The van der Waals surface area contributed by atoms with Gasteiger partial charge in [-0.3, -0.25) is 0 Å². The Kier molecular flexibility index (Phi) is 16.3. The SMILES string of the molecule is CC.CC(O)C/C=C/C=C/C=C/CO. The van der Waals surface area contributed by atoms with Crippen LogP contribution in [0, 0.1) is 0 Å². The predicted molar refractivity (Wildman–Crippen MR) is 62.2 cm³/mol.